The zero-order valence-electron chi connectivity index (χ0n) is 18.0. The fourth-order valence-corrected chi connectivity index (χ4v) is 4.98. The predicted molar refractivity (Wildman–Crippen MR) is 122 cm³/mol. The number of nitrogens with zero attached hydrogens (tertiary/aromatic N) is 3. The van der Waals surface area contributed by atoms with E-state index in [0.717, 1.165) is 28.2 Å². The third-order valence-electron chi connectivity index (χ3n) is 5.45. The fourth-order valence-electron chi connectivity index (χ4n) is 3.66. The van der Waals surface area contributed by atoms with Gasteiger partial charge in [-0.3, -0.25) is 4.79 Å². The van der Waals surface area contributed by atoms with E-state index < -0.39 is 6.09 Å². The molecule has 3 aromatic heterocycles. The Bertz CT molecular complexity index is 1200. The van der Waals surface area contributed by atoms with Crippen molar-refractivity contribution in [3.63, 3.8) is 0 Å². The summed E-state index contributed by atoms with van der Waals surface area (Å²) in [5.41, 5.74) is 2.28. The molecule has 170 valence electrons. The van der Waals surface area contributed by atoms with Crippen molar-refractivity contribution in [2.75, 3.05) is 11.9 Å². The van der Waals surface area contributed by atoms with Gasteiger partial charge in [0.05, 0.1) is 31.2 Å². The third-order valence-corrected chi connectivity index (χ3v) is 6.62. The first-order valence-electron chi connectivity index (χ1n) is 10.5. The lowest BCUT2D eigenvalue weighted by Crippen LogP contribution is -2.28. The molecule has 0 bridgehead atoms. The number of nitrogens with one attached hydrogen (secondary N) is 2. The topological polar surface area (TPSA) is 122 Å². The highest BCUT2D eigenvalue weighted by atomic mass is 32.1. The zero-order valence-corrected chi connectivity index (χ0v) is 18.9. The minimum absolute atomic E-state index is 0.158. The van der Waals surface area contributed by atoms with Gasteiger partial charge in [0.2, 0.25) is 5.91 Å². The SMILES string of the molecule is Cn1ccnc1CNC(=O)OCC1CCc2c(sc(NC(=O)/C=C/c3ccoc3)c2C#N)C1. The summed E-state index contributed by atoms with van der Waals surface area (Å²) in [6.45, 7) is 0.590. The zero-order chi connectivity index (χ0) is 23.2. The number of alkyl carbamates (subject to hydrolysis) is 1. The fraction of sp³-hybridized carbons (Fsp3) is 0.304. The number of aromatic nitrogens is 2. The molecule has 0 spiro atoms. The van der Waals surface area contributed by atoms with Crippen molar-refractivity contribution in [1.82, 2.24) is 14.9 Å². The number of imidazole rings is 1. The lowest BCUT2D eigenvalue weighted by Gasteiger charge is -2.21. The van der Waals surface area contributed by atoms with E-state index in [0.29, 0.717) is 36.6 Å². The van der Waals surface area contributed by atoms with Crippen LogP contribution < -0.4 is 10.6 Å². The van der Waals surface area contributed by atoms with Crippen molar-refractivity contribution in [2.24, 2.45) is 13.0 Å². The molecule has 0 aliphatic heterocycles. The van der Waals surface area contributed by atoms with Gasteiger partial charge in [-0.05, 0) is 42.9 Å². The largest absolute Gasteiger partial charge is 0.472 e. The molecule has 1 aliphatic carbocycles. The summed E-state index contributed by atoms with van der Waals surface area (Å²) < 4.78 is 12.2. The molecule has 0 radical (unpaired) electrons. The Morgan fingerprint density at radius 2 is 2.36 bits per heavy atom. The summed E-state index contributed by atoms with van der Waals surface area (Å²) in [6, 6.07) is 3.98. The van der Waals surface area contributed by atoms with Crippen LogP contribution in [0.25, 0.3) is 6.08 Å². The summed E-state index contributed by atoms with van der Waals surface area (Å²) in [5.74, 6) is 0.591. The number of rotatable bonds is 7. The van der Waals surface area contributed by atoms with Crippen molar-refractivity contribution >= 4 is 34.4 Å². The number of furan rings is 1. The number of anilines is 1. The quantitative estimate of drug-likeness (QED) is 0.514. The maximum absolute atomic E-state index is 12.3. The van der Waals surface area contributed by atoms with Crippen LogP contribution in [-0.2, 0) is 36.0 Å². The highest BCUT2D eigenvalue weighted by Gasteiger charge is 2.27. The van der Waals surface area contributed by atoms with E-state index in [-0.39, 0.29) is 11.8 Å². The minimum atomic E-state index is -0.481. The van der Waals surface area contributed by atoms with Gasteiger partial charge in [-0.25, -0.2) is 9.78 Å². The third kappa shape index (κ3) is 5.51. The van der Waals surface area contributed by atoms with Gasteiger partial charge in [0.25, 0.3) is 0 Å². The van der Waals surface area contributed by atoms with Crippen LogP contribution in [0.5, 0.6) is 0 Å². The van der Waals surface area contributed by atoms with E-state index in [1.807, 2.05) is 17.8 Å². The van der Waals surface area contributed by atoms with E-state index in [9.17, 15) is 14.9 Å². The lowest BCUT2D eigenvalue weighted by molar-refractivity contribution is -0.111. The Balaban J connectivity index is 1.31. The highest BCUT2D eigenvalue weighted by Crippen LogP contribution is 2.39. The van der Waals surface area contributed by atoms with Crippen LogP contribution in [0.1, 0.15) is 33.8 Å². The summed E-state index contributed by atoms with van der Waals surface area (Å²) in [6.07, 6.45) is 11.3. The second-order valence-electron chi connectivity index (χ2n) is 7.71. The smallest absolute Gasteiger partial charge is 0.407 e. The monoisotopic (exact) mass is 465 g/mol. The van der Waals surface area contributed by atoms with Gasteiger partial charge in [-0.15, -0.1) is 11.3 Å². The van der Waals surface area contributed by atoms with Gasteiger partial charge < -0.3 is 24.4 Å². The van der Waals surface area contributed by atoms with Crippen molar-refractivity contribution in [3.8, 4) is 6.07 Å². The number of nitriles is 1. The Labute approximate surface area is 194 Å². The summed E-state index contributed by atoms with van der Waals surface area (Å²) in [5, 5.41) is 15.7. The van der Waals surface area contributed by atoms with Crippen LogP contribution in [0.3, 0.4) is 0 Å². The molecular weight excluding hydrogens is 442 g/mol. The Morgan fingerprint density at radius 1 is 1.48 bits per heavy atom. The molecule has 0 fully saturated rings. The number of aryl methyl sites for hydroxylation is 1. The van der Waals surface area contributed by atoms with E-state index in [1.54, 1.807) is 18.3 Å². The molecule has 1 aliphatic rings. The maximum atomic E-state index is 12.3. The van der Waals surface area contributed by atoms with Gasteiger partial charge >= 0.3 is 6.09 Å². The van der Waals surface area contributed by atoms with Gasteiger partial charge in [0, 0.05) is 36.0 Å². The molecule has 0 saturated carbocycles. The van der Waals surface area contributed by atoms with Crippen molar-refractivity contribution < 1.29 is 18.7 Å². The van der Waals surface area contributed by atoms with Crippen LogP contribution in [0.4, 0.5) is 9.80 Å². The van der Waals surface area contributed by atoms with Crippen molar-refractivity contribution in [2.45, 2.75) is 25.8 Å². The molecule has 1 unspecified atom stereocenters. The number of thiophene rings is 1. The first-order valence-corrected chi connectivity index (χ1v) is 11.3. The van der Waals surface area contributed by atoms with Crippen LogP contribution in [0, 0.1) is 17.2 Å². The predicted octanol–water partition coefficient (Wildman–Crippen LogP) is 3.63. The van der Waals surface area contributed by atoms with E-state index >= 15 is 0 Å². The van der Waals surface area contributed by atoms with Crippen LogP contribution in [-0.4, -0.2) is 28.2 Å². The lowest BCUT2D eigenvalue weighted by atomic mass is 9.88. The number of hydrogen-bond donors (Lipinski definition) is 2. The summed E-state index contributed by atoms with van der Waals surface area (Å²) in [7, 11) is 1.86. The molecule has 2 amide bonds. The number of carbonyl (C=O) groups excluding carboxylic acids is 2. The molecule has 3 aromatic rings. The number of amides is 2. The van der Waals surface area contributed by atoms with Crippen LogP contribution in [0.15, 0.2) is 41.5 Å². The molecule has 0 aromatic carbocycles. The normalized spacial score (nSPS) is 15.1. The standard InChI is InChI=1S/C23H23N5O4S/c1-28-8-7-25-20(28)12-26-23(30)32-14-16-2-4-17-18(11-24)22(33-19(17)10-16)27-21(29)5-3-15-6-9-31-13-15/h3,5-9,13,16H,2,4,10,12,14H2,1H3,(H,26,30)(H,27,29)/b5-3+. The number of fused-ring (bicyclic) bond motifs is 1. The van der Waals surface area contributed by atoms with Gasteiger partial charge in [0.15, 0.2) is 0 Å². The van der Waals surface area contributed by atoms with Gasteiger partial charge in [0.1, 0.15) is 16.9 Å². The second-order valence-corrected chi connectivity index (χ2v) is 8.82. The molecule has 4 rings (SSSR count). The van der Waals surface area contributed by atoms with Crippen LogP contribution >= 0.6 is 11.3 Å². The number of carbonyl (C=O) groups is 2. The first kappa shape index (κ1) is 22.4. The van der Waals surface area contributed by atoms with E-state index in [4.69, 9.17) is 9.15 Å². The van der Waals surface area contributed by atoms with E-state index in [1.165, 1.54) is 29.9 Å². The van der Waals surface area contributed by atoms with E-state index in [2.05, 4.69) is 21.7 Å². The Kier molecular flexibility index (Phi) is 6.90. The molecule has 3 heterocycles. The van der Waals surface area contributed by atoms with Gasteiger partial charge in [-0.2, -0.15) is 5.26 Å². The molecular formula is C23H23N5O4S. The molecule has 0 saturated heterocycles. The average Bonchev–Trinajstić information content (AvgIpc) is 3.54. The van der Waals surface area contributed by atoms with Crippen molar-refractivity contribution in [3.05, 3.63) is 64.5 Å². The molecule has 2 N–H and O–H groups in total. The number of ether oxygens (including phenoxy) is 1. The Morgan fingerprint density at radius 3 is 3.09 bits per heavy atom. The Hall–Kier alpha value is -3.84. The minimum Gasteiger partial charge on any atom is -0.472 e. The average molecular weight is 466 g/mol. The van der Waals surface area contributed by atoms with Crippen LogP contribution in [0.2, 0.25) is 0 Å². The number of hydrogen-bond acceptors (Lipinski definition) is 7. The second kappa shape index (κ2) is 10.2. The molecule has 33 heavy (non-hydrogen) atoms. The van der Waals surface area contributed by atoms with Gasteiger partial charge in [-0.1, -0.05) is 0 Å². The maximum Gasteiger partial charge on any atom is 0.407 e. The highest BCUT2D eigenvalue weighted by molar-refractivity contribution is 7.16. The van der Waals surface area contributed by atoms with Crippen molar-refractivity contribution in [1.29, 1.82) is 5.26 Å². The molecule has 1 atom stereocenters. The molecule has 9 nitrogen and oxygen atoms in total. The summed E-state index contributed by atoms with van der Waals surface area (Å²) in [4.78, 5) is 29.5. The molecule has 10 heteroatoms. The summed E-state index contributed by atoms with van der Waals surface area (Å²) >= 11 is 1.41. The first-order chi connectivity index (χ1) is 16.0.